The van der Waals surface area contributed by atoms with Crippen LogP contribution < -0.4 is 5.32 Å². The highest BCUT2D eigenvalue weighted by Crippen LogP contribution is 2.24. The van der Waals surface area contributed by atoms with Crippen molar-refractivity contribution in [2.45, 2.75) is 51.3 Å². The minimum absolute atomic E-state index is 0.00333. The summed E-state index contributed by atoms with van der Waals surface area (Å²) in [5, 5.41) is 3.28. The molecule has 2 unspecified atom stereocenters. The van der Waals surface area contributed by atoms with E-state index in [4.69, 9.17) is 4.74 Å². The quantitative estimate of drug-likeness (QED) is 0.718. The van der Waals surface area contributed by atoms with Gasteiger partial charge in [0.2, 0.25) is 0 Å². The van der Waals surface area contributed by atoms with E-state index in [0.29, 0.717) is 6.04 Å². The van der Waals surface area contributed by atoms with Gasteiger partial charge in [0.1, 0.15) is 6.61 Å². The van der Waals surface area contributed by atoms with E-state index >= 15 is 0 Å². The molecule has 4 heteroatoms. The van der Waals surface area contributed by atoms with E-state index in [1.807, 2.05) is 13.8 Å². The monoisotopic (exact) mass is 193 g/mol. The fourth-order valence-corrected chi connectivity index (χ4v) is 1.48. The summed E-state index contributed by atoms with van der Waals surface area (Å²) in [4.78, 5) is 0. The third kappa shape index (κ3) is 3.56. The SMILES string of the molecule is CC(C)NC1CCC1OCC(F)F. The van der Waals surface area contributed by atoms with Crippen molar-refractivity contribution in [3.8, 4) is 0 Å². The molecule has 1 aliphatic rings. The third-order valence-corrected chi connectivity index (χ3v) is 2.19. The maximum atomic E-state index is 11.8. The summed E-state index contributed by atoms with van der Waals surface area (Å²) < 4.78 is 28.6. The molecule has 1 saturated carbocycles. The van der Waals surface area contributed by atoms with Crippen LogP contribution in [0, 0.1) is 0 Å². The van der Waals surface area contributed by atoms with Crippen molar-refractivity contribution in [1.29, 1.82) is 0 Å². The Morgan fingerprint density at radius 3 is 2.46 bits per heavy atom. The Hall–Kier alpha value is -0.220. The molecule has 0 aromatic rings. The second kappa shape index (κ2) is 4.86. The Balaban J connectivity index is 2.13. The summed E-state index contributed by atoms with van der Waals surface area (Å²) in [5.41, 5.74) is 0. The van der Waals surface area contributed by atoms with Gasteiger partial charge in [-0.1, -0.05) is 13.8 Å². The van der Waals surface area contributed by atoms with Crippen LogP contribution in [0.1, 0.15) is 26.7 Å². The summed E-state index contributed by atoms with van der Waals surface area (Å²) in [6, 6.07) is 0.668. The highest BCUT2D eigenvalue weighted by molar-refractivity contribution is 4.88. The number of alkyl halides is 2. The smallest absolute Gasteiger partial charge is 0.261 e. The molecule has 1 N–H and O–H groups in total. The summed E-state index contributed by atoms with van der Waals surface area (Å²) in [6.07, 6.45) is -0.417. The van der Waals surface area contributed by atoms with Crippen molar-refractivity contribution in [2.75, 3.05) is 6.61 Å². The Morgan fingerprint density at radius 2 is 2.08 bits per heavy atom. The Bertz CT molecular complexity index is 153. The summed E-state index contributed by atoms with van der Waals surface area (Å²) >= 11 is 0. The van der Waals surface area contributed by atoms with Gasteiger partial charge in [-0.15, -0.1) is 0 Å². The van der Waals surface area contributed by atoms with Gasteiger partial charge in [0, 0.05) is 12.1 Å². The number of hydrogen-bond donors (Lipinski definition) is 1. The maximum absolute atomic E-state index is 11.8. The van der Waals surface area contributed by atoms with Crippen LogP contribution >= 0.6 is 0 Å². The topological polar surface area (TPSA) is 21.3 Å². The van der Waals surface area contributed by atoms with Crippen molar-refractivity contribution in [1.82, 2.24) is 5.32 Å². The molecule has 0 heterocycles. The normalized spacial score (nSPS) is 28.2. The Kier molecular flexibility index (Phi) is 4.06. The molecular formula is C9H17F2NO. The van der Waals surface area contributed by atoms with Gasteiger partial charge < -0.3 is 10.1 Å². The van der Waals surface area contributed by atoms with E-state index in [9.17, 15) is 8.78 Å². The molecule has 2 atom stereocenters. The van der Waals surface area contributed by atoms with Gasteiger partial charge in [0.05, 0.1) is 6.10 Å². The number of ether oxygens (including phenoxy) is 1. The minimum Gasteiger partial charge on any atom is -0.371 e. The second-order valence-electron chi connectivity index (χ2n) is 3.77. The molecule has 1 fully saturated rings. The Morgan fingerprint density at radius 1 is 1.38 bits per heavy atom. The van der Waals surface area contributed by atoms with Gasteiger partial charge >= 0.3 is 0 Å². The highest BCUT2D eigenvalue weighted by Gasteiger charge is 2.32. The fraction of sp³-hybridized carbons (Fsp3) is 1.00. The van der Waals surface area contributed by atoms with Crippen molar-refractivity contribution in [3.63, 3.8) is 0 Å². The minimum atomic E-state index is -2.35. The van der Waals surface area contributed by atoms with Gasteiger partial charge in [-0.2, -0.15) is 0 Å². The molecule has 0 amide bonds. The van der Waals surface area contributed by atoms with E-state index in [-0.39, 0.29) is 12.1 Å². The Labute approximate surface area is 77.6 Å². The van der Waals surface area contributed by atoms with E-state index in [2.05, 4.69) is 5.32 Å². The van der Waals surface area contributed by atoms with Crippen molar-refractivity contribution < 1.29 is 13.5 Å². The van der Waals surface area contributed by atoms with E-state index < -0.39 is 13.0 Å². The number of halogens is 2. The van der Waals surface area contributed by atoms with E-state index in [1.54, 1.807) is 0 Å². The molecule has 1 rings (SSSR count). The summed E-state index contributed by atoms with van der Waals surface area (Å²) in [5.74, 6) is 0. The lowest BCUT2D eigenvalue weighted by molar-refractivity contribution is -0.0719. The first-order chi connectivity index (χ1) is 6.09. The predicted octanol–water partition coefficient (Wildman–Crippen LogP) is 1.80. The molecule has 0 aromatic heterocycles. The number of nitrogens with one attached hydrogen (secondary N) is 1. The van der Waals surface area contributed by atoms with Crippen LogP contribution in [-0.2, 0) is 4.74 Å². The molecule has 1 aliphatic carbocycles. The zero-order chi connectivity index (χ0) is 9.84. The first-order valence-electron chi connectivity index (χ1n) is 4.75. The zero-order valence-electron chi connectivity index (χ0n) is 8.09. The lowest BCUT2D eigenvalue weighted by Gasteiger charge is -2.38. The van der Waals surface area contributed by atoms with Crippen molar-refractivity contribution in [3.05, 3.63) is 0 Å². The molecular weight excluding hydrogens is 176 g/mol. The van der Waals surface area contributed by atoms with Crippen LogP contribution in [0.5, 0.6) is 0 Å². The van der Waals surface area contributed by atoms with Crippen LogP contribution in [0.15, 0.2) is 0 Å². The van der Waals surface area contributed by atoms with Crippen LogP contribution in [0.25, 0.3) is 0 Å². The first-order valence-corrected chi connectivity index (χ1v) is 4.75. The maximum Gasteiger partial charge on any atom is 0.261 e. The highest BCUT2D eigenvalue weighted by atomic mass is 19.3. The molecule has 0 spiro atoms. The van der Waals surface area contributed by atoms with Gasteiger partial charge in [-0.05, 0) is 12.8 Å². The molecule has 2 nitrogen and oxygen atoms in total. The molecule has 78 valence electrons. The second-order valence-corrected chi connectivity index (χ2v) is 3.77. The van der Waals surface area contributed by atoms with Crippen LogP contribution in [0.4, 0.5) is 8.78 Å². The van der Waals surface area contributed by atoms with Crippen molar-refractivity contribution >= 4 is 0 Å². The number of rotatable bonds is 5. The third-order valence-electron chi connectivity index (χ3n) is 2.19. The van der Waals surface area contributed by atoms with E-state index in [0.717, 1.165) is 12.8 Å². The van der Waals surface area contributed by atoms with Gasteiger partial charge in [0.15, 0.2) is 0 Å². The average molecular weight is 193 g/mol. The van der Waals surface area contributed by atoms with Gasteiger partial charge in [-0.3, -0.25) is 0 Å². The van der Waals surface area contributed by atoms with E-state index in [1.165, 1.54) is 0 Å². The summed E-state index contributed by atoms with van der Waals surface area (Å²) in [7, 11) is 0. The first kappa shape index (κ1) is 10.9. The van der Waals surface area contributed by atoms with Crippen LogP contribution in [0.3, 0.4) is 0 Å². The lowest BCUT2D eigenvalue weighted by Crippen LogP contribution is -2.51. The van der Waals surface area contributed by atoms with Gasteiger partial charge in [0.25, 0.3) is 6.43 Å². The van der Waals surface area contributed by atoms with Gasteiger partial charge in [-0.25, -0.2) is 8.78 Å². The summed E-state index contributed by atoms with van der Waals surface area (Å²) in [6.45, 7) is 3.66. The molecule has 0 bridgehead atoms. The molecule has 0 aliphatic heterocycles. The largest absolute Gasteiger partial charge is 0.371 e. The number of hydrogen-bond acceptors (Lipinski definition) is 2. The molecule has 13 heavy (non-hydrogen) atoms. The van der Waals surface area contributed by atoms with Crippen LogP contribution in [-0.4, -0.2) is 31.2 Å². The average Bonchev–Trinajstić information content (AvgIpc) is 1.98. The lowest BCUT2D eigenvalue weighted by atomic mass is 9.88. The van der Waals surface area contributed by atoms with Crippen molar-refractivity contribution in [2.24, 2.45) is 0 Å². The standard InChI is InChI=1S/C9H17F2NO/c1-6(2)12-7-3-4-8(7)13-5-9(10)11/h6-9,12H,3-5H2,1-2H3. The molecule has 0 radical (unpaired) electrons. The zero-order valence-corrected chi connectivity index (χ0v) is 8.09. The molecule has 0 saturated heterocycles. The fourth-order valence-electron chi connectivity index (χ4n) is 1.48. The van der Waals surface area contributed by atoms with Crippen LogP contribution in [0.2, 0.25) is 0 Å². The molecule has 0 aromatic carbocycles. The predicted molar refractivity (Wildman–Crippen MR) is 47.0 cm³/mol.